The minimum Gasteiger partial charge on any atom is -0.507 e. The van der Waals surface area contributed by atoms with Gasteiger partial charge < -0.3 is 19.5 Å². The van der Waals surface area contributed by atoms with E-state index in [1.54, 1.807) is 43.5 Å². The van der Waals surface area contributed by atoms with Gasteiger partial charge in [-0.15, -0.1) is 0 Å². The number of Topliss-reactive ketones (excluding diaryl/α,β-unsaturated/α-hetero) is 1. The van der Waals surface area contributed by atoms with E-state index in [0.29, 0.717) is 23.5 Å². The Kier molecular flexibility index (Phi) is 8.66. The van der Waals surface area contributed by atoms with E-state index >= 15 is 0 Å². The van der Waals surface area contributed by atoms with Crippen molar-refractivity contribution in [1.82, 2.24) is 4.90 Å². The van der Waals surface area contributed by atoms with Crippen LogP contribution < -0.4 is 4.74 Å². The highest BCUT2D eigenvalue weighted by Gasteiger charge is 2.46. The van der Waals surface area contributed by atoms with Crippen LogP contribution in [0.15, 0.2) is 72.3 Å². The Morgan fingerprint density at radius 1 is 0.976 bits per heavy atom. The summed E-state index contributed by atoms with van der Waals surface area (Å²) in [6.07, 6.45) is 0.728. The van der Waals surface area contributed by atoms with Crippen molar-refractivity contribution in [3.05, 3.63) is 106 Å². The van der Waals surface area contributed by atoms with Gasteiger partial charge in [0.2, 0.25) is 0 Å². The maximum atomic E-state index is 13.5. The molecule has 41 heavy (non-hydrogen) atoms. The molecule has 3 aromatic carbocycles. The first kappa shape index (κ1) is 29.6. The molecular formula is C34H37NO6. The molecule has 3 aromatic rings. The Labute approximate surface area is 241 Å². The number of carbonyl (C=O) groups is 3. The molecule has 0 aromatic heterocycles. The van der Waals surface area contributed by atoms with Gasteiger partial charge >= 0.3 is 5.97 Å². The van der Waals surface area contributed by atoms with Crippen LogP contribution in [0.3, 0.4) is 0 Å². The standard InChI is InChI=1S/C34H37NO6/c1-7-17-41-33(39)23-13-11-22(12-14-23)20-35-29(24-10-8-9-21(2)18-24)28(31(37)32(35)38)30(36)25-15-16-27(40-6)26(19-25)34(3,4)5/h8-16,18-19,29,36H,7,17,20H2,1-6H3/b30-28-. The number of esters is 1. The van der Waals surface area contributed by atoms with Crippen LogP contribution in [0.4, 0.5) is 0 Å². The summed E-state index contributed by atoms with van der Waals surface area (Å²) in [5, 5.41) is 11.6. The number of hydrogen-bond donors (Lipinski definition) is 1. The van der Waals surface area contributed by atoms with Crippen molar-refractivity contribution in [3.63, 3.8) is 0 Å². The molecule has 1 saturated heterocycles. The van der Waals surface area contributed by atoms with Gasteiger partial charge in [-0.05, 0) is 60.2 Å². The van der Waals surface area contributed by atoms with Crippen LogP contribution in [-0.2, 0) is 26.3 Å². The summed E-state index contributed by atoms with van der Waals surface area (Å²) in [6.45, 7) is 10.4. The molecule has 1 N–H and O–H groups in total. The van der Waals surface area contributed by atoms with Gasteiger partial charge in [0.25, 0.3) is 11.7 Å². The van der Waals surface area contributed by atoms with Gasteiger partial charge in [0.1, 0.15) is 11.5 Å². The first-order chi connectivity index (χ1) is 19.5. The van der Waals surface area contributed by atoms with Crippen LogP contribution in [0.2, 0.25) is 0 Å². The minimum absolute atomic E-state index is 0.0328. The number of ketones is 1. The number of methoxy groups -OCH3 is 1. The molecule has 7 nitrogen and oxygen atoms in total. The molecule has 1 unspecified atom stereocenters. The van der Waals surface area contributed by atoms with Crippen LogP contribution in [0.5, 0.6) is 5.75 Å². The highest BCUT2D eigenvalue weighted by Crippen LogP contribution is 2.42. The third-order valence-corrected chi connectivity index (χ3v) is 7.16. The van der Waals surface area contributed by atoms with Gasteiger partial charge in [0.15, 0.2) is 0 Å². The van der Waals surface area contributed by atoms with Crippen molar-refractivity contribution < 1.29 is 29.0 Å². The number of aryl methyl sites for hydroxylation is 1. The number of aliphatic hydroxyl groups is 1. The maximum Gasteiger partial charge on any atom is 0.338 e. The summed E-state index contributed by atoms with van der Waals surface area (Å²) in [4.78, 5) is 40.7. The van der Waals surface area contributed by atoms with Crippen LogP contribution in [0.1, 0.15) is 78.3 Å². The number of carbonyl (C=O) groups excluding carboxylic acids is 3. The van der Waals surface area contributed by atoms with E-state index in [9.17, 15) is 19.5 Å². The van der Waals surface area contributed by atoms with Crippen LogP contribution in [0, 0.1) is 6.92 Å². The lowest BCUT2D eigenvalue weighted by molar-refractivity contribution is -0.140. The highest BCUT2D eigenvalue weighted by atomic mass is 16.5. The zero-order valence-electron chi connectivity index (χ0n) is 24.5. The van der Waals surface area contributed by atoms with Gasteiger partial charge in [-0.3, -0.25) is 9.59 Å². The van der Waals surface area contributed by atoms with Crippen LogP contribution in [-0.4, -0.2) is 41.4 Å². The molecule has 0 bridgehead atoms. The molecule has 0 radical (unpaired) electrons. The quantitative estimate of drug-likeness (QED) is 0.148. The molecule has 4 rings (SSSR count). The molecule has 7 heteroatoms. The fourth-order valence-corrected chi connectivity index (χ4v) is 5.05. The smallest absolute Gasteiger partial charge is 0.338 e. The number of aliphatic hydroxyl groups excluding tert-OH is 1. The Morgan fingerprint density at radius 2 is 1.66 bits per heavy atom. The van der Waals surface area contributed by atoms with Gasteiger partial charge in [-0.2, -0.15) is 0 Å². The maximum absolute atomic E-state index is 13.5. The second-order valence-electron chi connectivity index (χ2n) is 11.3. The van der Waals surface area contributed by atoms with E-state index < -0.39 is 23.7 Å². The second kappa shape index (κ2) is 12.0. The van der Waals surface area contributed by atoms with Crippen LogP contribution >= 0.6 is 0 Å². The zero-order valence-corrected chi connectivity index (χ0v) is 24.5. The predicted molar refractivity (Wildman–Crippen MR) is 158 cm³/mol. The monoisotopic (exact) mass is 555 g/mol. The molecule has 1 aliphatic heterocycles. The molecule has 214 valence electrons. The van der Waals surface area contributed by atoms with E-state index in [1.807, 2.05) is 65.0 Å². The Hall–Kier alpha value is -4.39. The number of hydrogen-bond acceptors (Lipinski definition) is 6. The van der Waals surface area contributed by atoms with Crippen LogP contribution in [0.25, 0.3) is 5.76 Å². The molecule has 0 saturated carbocycles. The van der Waals surface area contributed by atoms with Crippen molar-refractivity contribution in [2.75, 3.05) is 13.7 Å². The van der Waals surface area contributed by atoms with Crippen molar-refractivity contribution in [2.24, 2.45) is 0 Å². The predicted octanol–water partition coefficient (Wildman–Crippen LogP) is 6.49. The van der Waals surface area contributed by atoms with E-state index in [0.717, 1.165) is 28.7 Å². The second-order valence-corrected chi connectivity index (χ2v) is 11.3. The van der Waals surface area contributed by atoms with Crippen molar-refractivity contribution in [2.45, 2.75) is 59.0 Å². The summed E-state index contributed by atoms with van der Waals surface area (Å²) < 4.78 is 10.7. The topological polar surface area (TPSA) is 93.1 Å². The first-order valence-electron chi connectivity index (χ1n) is 13.8. The number of ether oxygens (including phenoxy) is 2. The zero-order chi connectivity index (χ0) is 29.9. The number of amides is 1. The van der Waals surface area contributed by atoms with Crippen molar-refractivity contribution in [3.8, 4) is 5.75 Å². The summed E-state index contributed by atoms with van der Waals surface area (Å²) in [5.74, 6) is -1.42. The number of rotatable bonds is 8. The molecule has 1 aliphatic rings. The minimum atomic E-state index is -0.802. The lowest BCUT2D eigenvalue weighted by atomic mass is 9.84. The fraction of sp³-hybridized carbons (Fsp3) is 0.324. The molecular weight excluding hydrogens is 518 g/mol. The molecule has 1 atom stereocenters. The number of benzene rings is 3. The van der Waals surface area contributed by atoms with Gasteiger partial charge in [-0.25, -0.2) is 4.79 Å². The van der Waals surface area contributed by atoms with Gasteiger partial charge in [0.05, 0.1) is 30.9 Å². The summed E-state index contributed by atoms with van der Waals surface area (Å²) in [7, 11) is 1.59. The largest absolute Gasteiger partial charge is 0.507 e. The molecule has 1 fully saturated rings. The SMILES string of the molecule is CCCOC(=O)c1ccc(CN2C(=O)C(=O)/C(=C(\O)c3ccc(OC)c(C(C)(C)C)c3)C2c2cccc(C)c2)cc1. The Bertz CT molecular complexity index is 1500. The highest BCUT2D eigenvalue weighted by molar-refractivity contribution is 6.46. The number of likely N-dealkylation sites (tertiary alicyclic amines) is 1. The van der Waals surface area contributed by atoms with Gasteiger partial charge in [0, 0.05) is 17.7 Å². The van der Waals surface area contributed by atoms with Gasteiger partial charge in [-0.1, -0.05) is 69.7 Å². The third kappa shape index (κ3) is 6.19. The summed E-state index contributed by atoms with van der Waals surface area (Å²) in [6, 6.07) is 18.8. The summed E-state index contributed by atoms with van der Waals surface area (Å²) >= 11 is 0. The van der Waals surface area contributed by atoms with E-state index in [1.165, 1.54) is 4.90 Å². The Balaban J connectivity index is 1.79. The van der Waals surface area contributed by atoms with E-state index in [-0.39, 0.29) is 23.3 Å². The van der Waals surface area contributed by atoms with E-state index in [4.69, 9.17) is 9.47 Å². The third-order valence-electron chi connectivity index (χ3n) is 7.16. The number of nitrogens with zero attached hydrogens (tertiary/aromatic N) is 1. The molecule has 0 spiro atoms. The fourth-order valence-electron chi connectivity index (χ4n) is 5.05. The summed E-state index contributed by atoms with van der Waals surface area (Å²) in [5.41, 5.74) is 3.86. The average molecular weight is 556 g/mol. The Morgan fingerprint density at radius 3 is 2.27 bits per heavy atom. The van der Waals surface area contributed by atoms with Crippen molar-refractivity contribution >= 4 is 23.4 Å². The molecule has 1 heterocycles. The molecule has 0 aliphatic carbocycles. The van der Waals surface area contributed by atoms with Crippen molar-refractivity contribution in [1.29, 1.82) is 0 Å². The lowest BCUT2D eigenvalue weighted by Crippen LogP contribution is -2.29. The van der Waals surface area contributed by atoms with E-state index in [2.05, 4.69) is 0 Å². The first-order valence-corrected chi connectivity index (χ1v) is 13.8. The normalized spacial score (nSPS) is 16.6. The average Bonchev–Trinajstić information content (AvgIpc) is 3.20. The lowest BCUT2D eigenvalue weighted by Gasteiger charge is -2.26. The molecule has 1 amide bonds.